The van der Waals surface area contributed by atoms with Gasteiger partial charge >= 0.3 is 0 Å². The Hall–Kier alpha value is -5.66. The molecule has 4 atom stereocenters. The number of nitriles is 1. The number of hydrogen-bond acceptors (Lipinski definition) is 12. The molecule has 17 heteroatoms. The van der Waals surface area contributed by atoms with E-state index >= 15 is 4.39 Å². The van der Waals surface area contributed by atoms with Crippen LogP contribution in [0.15, 0.2) is 42.5 Å². The molecule has 2 aromatic carbocycles. The summed E-state index contributed by atoms with van der Waals surface area (Å²) in [6.45, 7) is 13.4. The van der Waals surface area contributed by atoms with E-state index in [0.29, 0.717) is 47.2 Å². The van der Waals surface area contributed by atoms with E-state index in [-0.39, 0.29) is 53.4 Å². The van der Waals surface area contributed by atoms with Crippen LogP contribution in [0.5, 0.6) is 5.75 Å². The van der Waals surface area contributed by atoms with Crippen LogP contribution >= 0.6 is 11.6 Å². The van der Waals surface area contributed by atoms with Crippen LogP contribution in [0.4, 0.5) is 15.9 Å². The van der Waals surface area contributed by atoms with Gasteiger partial charge in [0.15, 0.2) is 11.5 Å². The Kier molecular flexibility index (Phi) is 9.62. The second-order valence-electron chi connectivity index (χ2n) is 18.1. The third-order valence-electron chi connectivity index (χ3n) is 13.7. The summed E-state index contributed by atoms with van der Waals surface area (Å²) >= 11 is 6.24. The van der Waals surface area contributed by atoms with Crippen molar-refractivity contribution < 1.29 is 33.1 Å². The fraction of sp³-hybridized carbons (Fsp3) is 0.488. The summed E-state index contributed by atoms with van der Waals surface area (Å²) < 4.78 is 21.8. The van der Waals surface area contributed by atoms with E-state index in [9.17, 15) is 29.2 Å². The van der Waals surface area contributed by atoms with Crippen LogP contribution in [0.25, 0.3) is 0 Å². The third kappa shape index (κ3) is 6.62. The lowest BCUT2D eigenvalue weighted by molar-refractivity contribution is -0.164. The maximum atomic E-state index is 15.5. The number of carbonyl (C=O) groups excluding carboxylic acids is 5. The molecule has 9 rings (SSSR count). The van der Waals surface area contributed by atoms with Crippen LogP contribution in [-0.4, -0.2) is 114 Å². The number of carbonyl (C=O) groups is 5. The highest BCUT2D eigenvalue weighted by molar-refractivity contribution is 6.31. The van der Waals surface area contributed by atoms with Crippen molar-refractivity contribution in [3.63, 3.8) is 0 Å². The number of piperidine rings is 2. The Morgan fingerprint density at radius 3 is 2.25 bits per heavy atom. The number of rotatable bonds is 9. The molecule has 2 saturated carbocycles. The van der Waals surface area contributed by atoms with E-state index in [1.54, 1.807) is 24.3 Å². The monoisotopic (exact) mass is 837 g/mol. The normalized spacial score (nSPS) is 27.8. The minimum absolute atomic E-state index is 0.0113. The number of piperazine rings is 1. The van der Waals surface area contributed by atoms with Crippen LogP contribution in [0, 0.1) is 45.7 Å². The molecule has 6 aliphatic rings. The highest BCUT2D eigenvalue weighted by Crippen LogP contribution is 2.56. The second kappa shape index (κ2) is 14.5. The van der Waals surface area contributed by atoms with Gasteiger partial charge < -0.3 is 19.9 Å². The van der Waals surface area contributed by atoms with Crippen LogP contribution in [0.2, 0.25) is 5.02 Å². The van der Waals surface area contributed by atoms with Crippen molar-refractivity contribution in [3.8, 4) is 11.8 Å². The quantitative estimate of drug-likeness (QED) is 0.299. The van der Waals surface area contributed by atoms with Crippen molar-refractivity contribution in [2.75, 3.05) is 55.6 Å². The van der Waals surface area contributed by atoms with Crippen molar-refractivity contribution in [3.05, 3.63) is 75.7 Å². The molecule has 1 aromatic heterocycles. The number of fused-ring (bicyclic) bond motifs is 2. The van der Waals surface area contributed by atoms with Gasteiger partial charge in [-0.2, -0.15) is 5.26 Å². The summed E-state index contributed by atoms with van der Waals surface area (Å²) in [5, 5.41) is 23.6. The van der Waals surface area contributed by atoms with Gasteiger partial charge in [-0.05, 0) is 60.6 Å². The molecule has 4 aliphatic heterocycles. The van der Waals surface area contributed by atoms with Crippen molar-refractivity contribution >= 4 is 52.6 Å². The number of halogens is 2. The first kappa shape index (κ1) is 39.8. The molecule has 5 fully saturated rings. The fourth-order valence-corrected chi connectivity index (χ4v) is 10.9. The van der Waals surface area contributed by atoms with Gasteiger partial charge in [-0.15, -0.1) is 10.2 Å². The lowest BCUT2D eigenvalue weighted by Crippen LogP contribution is -2.74. The maximum Gasteiger partial charge on any atom is 0.272 e. The predicted octanol–water partition coefficient (Wildman–Crippen LogP) is 3.66. The minimum atomic E-state index is -1.11. The molecule has 3 saturated heterocycles. The molecule has 5 amide bonds. The lowest BCUT2D eigenvalue weighted by atomic mass is 9.49. The number of hydrogen-bond donors (Lipinski definition) is 2. The SMILES string of the molecule is CC1(C)C(NC(=O)c2ccc(N3C[C@@H]4C(CN5CCN(c6cc7c(cc6F)C(=O)N(C6CCC(=O)NC6=O)C7=O)CC5)[C@@H]4C3)nn2)C(C)(C)C1Oc1ccc(C#N)c(Cl)c1. The number of imide groups is 2. The number of ether oxygens (including phenoxy) is 1. The van der Waals surface area contributed by atoms with Crippen molar-refractivity contribution in [1.82, 2.24) is 30.6 Å². The molecule has 3 aromatic rings. The van der Waals surface area contributed by atoms with E-state index in [2.05, 4.69) is 36.7 Å². The molecule has 2 N–H and O–H groups in total. The maximum absolute atomic E-state index is 15.5. The summed E-state index contributed by atoms with van der Waals surface area (Å²) in [6.07, 6.45) is -0.182. The van der Waals surface area contributed by atoms with Gasteiger partial charge in [-0.25, -0.2) is 4.39 Å². The summed E-state index contributed by atoms with van der Waals surface area (Å²) in [4.78, 5) is 71.2. The van der Waals surface area contributed by atoms with Gasteiger partial charge in [0.2, 0.25) is 11.8 Å². The molecular weight excluding hydrogens is 793 g/mol. The molecule has 15 nitrogen and oxygen atoms in total. The number of benzene rings is 2. The number of nitrogens with one attached hydrogen (secondary N) is 2. The topological polar surface area (TPSA) is 181 Å². The Labute approximate surface area is 351 Å². The Morgan fingerprint density at radius 1 is 0.950 bits per heavy atom. The molecule has 2 aliphatic carbocycles. The summed E-state index contributed by atoms with van der Waals surface area (Å²) in [5.74, 6) is -0.549. The first-order valence-electron chi connectivity index (χ1n) is 20.3. The first-order chi connectivity index (χ1) is 28.6. The van der Waals surface area contributed by atoms with Gasteiger partial charge in [0.25, 0.3) is 17.7 Å². The van der Waals surface area contributed by atoms with Crippen LogP contribution in [0.3, 0.4) is 0 Å². The van der Waals surface area contributed by atoms with Crippen molar-refractivity contribution in [2.24, 2.45) is 28.6 Å². The van der Waals surface area contributed by atoms with E-state index in [1.807, 2.05) is 38.7 Å². The Balaban J connectivity index is 0.744. The lowest BCUT2D eigenvalue weighted by Gasteiger charge is -2.63. The van der Waals surface area contributed by atoms with E-state index in [1.165, 1.54) is 6.07 Å². The smallest absolute Gasteiger partial charge is 0.272 e. The first-order valence-corrected chi connectivity index (χ1v) is 20.7. The van der Waals surface area contributed by atoms with Crippen molar-refractivity contribution in [2.45, 2.75) is 58.7 Å². The summed E-state index contributed by atoms with van der Waals surface area (Å²) in [5.41, 5.74) is 0.0403. The molecule has 0 bridgehead atoms. The van der Waals surface area contributed by atoms with E-state index in [4.69, 9.17) is 16.3 Å². The number of aromatic nitrogens is 2. The average Bonchev–Trinajstić information content (AvgIpc) is 3.52. The minimum Gasteiger partial charge on any atom is -0.489 e. The third-order valence-corrected chi connectivity index (χ3v) is 14.0. The molecule has 0 spiro atoms. The number of nitrogens with zero attached hydrogens (tertiary/aromatic N) is 7. The Bertz CT molecular complexity index is 2350. The molecule has 2 unspecified atom stereocenters. The van der Waals surface area contributed by atoms with Crippen LogP contribution < -0.4 is 25.2 Å². The Morgan fingerprint density at radius 2 is 1.63 bits per heavy atom. The zero-order valence-corrected chi connectivity index (χ0v) is 34.5. The molecule has 5 heterocycles. The predicted molar refractivity (Wildman–Crippen MR) is 216 cm³/mol. The van der Waals surface area contributed by atoms with Gasteiger partial charge in [0.1, 0.15) is 29.8 Å². The zero-order chi connectivity index (χ0) is 42.4. The second-order valence-corrected chi connectivity index (χ2v) is 18.5. The summed E-state index contributed by atoms with van der Waals surface area (Å²) in [7, 11) is 0. The van der Waals surface area contributed by atoms with Gasteiger partial charge in [-0.3, -0.25) is 39.1 Å². The molecule has 0 radical (unpaired) electrons. The number of amides is 5. The van der Waals surface area contributed by atoms with Gasteiger partial charge in [-0.1, -0.05) is 39.3 Å². The van der Waals surface area contributed by atoms with Crippen molar-refractivity contribution in [1.29, 1.82) is 5.26 Å². The van der Waals surface area contributed by atoms with Crippen LogP contribution in [0.1, 0.15) is 77.3 Å². The molecule has 312 valence electrons. The summed E-state index contributed by atoms with van der Waals surface area (Å²) in [6, 6.07) is 11.8. The largest absolute Gasteiger partial charge is 0.489 e. The van der Waals surface area contributed by atoms with Gasteiger partial charge in [0, 0.05) is 75.2 Å². The van der Waals surface area contributed by atoms with E-state index in [0.717, 1.165) is 49.5 Å². The molecule has 60 heavy (non-hydrogen) atoms. The zero-order valence-electron chi connectivity index (χ0n) is 33.7. The van der Waals surface area contributed by atoms with E-state index < -0.39 is 46.3 Å². The van der Waals surface area contributed by atoms with Gasteiger partial charge in [0.05, 0.1) is 27.4 Å². The number of anilines is 2. The standard InChI is InChI=1S/C43H45ClFN9O6/c1-42(2)40(43(3,4)41(42)60-23-6-5-22(18-46)29(44)15-23)48-36(56)31-7-9-34(50-49-31)53-20-27-26(28(27)21-53)19-51-11-13-52(14-12-51)33-17-25-24(16-30(33)45)38(58)54(39(25)59)32-8-10-35(55)47-37(32)57/h5-7,9,15-17,26-28,32,40-41H,8,10-14,19-21H2,1-4H3,(H,48,56)(H,47,55,57)/t26?,27-,28+,32?,40?,41?. The van der Waals surface area contributed by atoms with Crippen LogP contribution in [-0.2, 0) is 9.59 Å². The highest BCUT2D eigenvalue weighted by Gasteiger charge is 2.64. The average molecular weight is 838 g/mol. The highest BCUT2D eigenvalue weighted by atomic mass is 35.5. The molecular formula is C43H45ClFN9O6. The fourth-order valence-electron chi connectivity index (χ4n) is 10.7.